The van der Waals surface area contributed by atoms with Gasteiger partial charge in [-0.25, -0.2) is 8.42 Å². The van der Waals surface area contributed by atoms with E-state index in [1.54, 1.807) is 6.92 Å². The molecule has 8 nitrogen and oxygen atoms in total. The molecule has 0 aromatic carbocycles. The van der Waals surface area contributed by atoms with E-state index in [1.165, 1.54) is 35.5 Å². The second kappa shape index (κ2) is 6.82. The Kier molecular flexibility index (Phi) is 5.66. The number of aromatic nitrogens is 2. The summed E-state index contributed by atoms with van der Waals surface area (Å²) in [6.45, 7) is 2.14. The van der Waals surface area contributed by atoms with E-state index in [-0.39, 0.29) is 30.5 Å². The normalized spacial score (nSPS) is 13.6. The van der Waals surface area contributed by atoms with Crippen LogP contribution in [0.4, 0.5) is 0 Å². The number of carboxylic acid groups (broad SMARTS) is 1. The van der Waals surface area contributed by atoms with Gasteiger partial charge in [-0.05, 0) is 6.92 Å². The fourth-order valence-electron chi connectivity index (χ4n) is 1.56. The minimum absolute atomic E-state index is 0.0355. The molecule has 1 atom stereocenters. The van der Waals surface area contributed by atoms with Crippen LogP contribution in [0.1, 0.15) is 13.3 Å². The van der Waals surface area contributed by atoms with Gasteiger partial charge < -0.3 is 9.84 Å². The fourth-order valence-corrected chi connectivity index (χ4v) is 2.86. The molecule has 0 aliphatic carbocycles. The van der Waals surface area contributed by atoms with Gasteiger partial charge in [-0.1, -0.05) is 0 Å². The summed E-state index contributed by atoms with van der Waals surface area (Å²) in [4.78, 5) is 10.5. The maximum Gasteiger partial charge on any atom is 0.305 e. The van der Waals surface area contributed by atoms with Gasteiger partial charge in [0.15, 0.2) is 0 Å². The van der Waals surface area contributed by atoms with E-state index in [0.717, 1.165) is 0 Å². The molecular formula is C11H19N3O5S. The Bertz CT molecular complexity index is 554. The van der Waals surface area contributed by atoms with Gasteiger partial charge in [-0.2, -0.15) is 9.40 Å². The first-order chi connectivity index (χ1) is 9.28. The number of ether oxygens (including phenoxy) is 1. The molecule has 0 radical (unpaired) electrons. The smallest absolute Gasteiger partial charge is 0.305 e. The second-order valence-corrected chi connectivity index (χ2v) is 6.41. The highest BCUT2D eigenvalue weighted by Crippen LogP contribution is 2.16. The van der Waals surface area contributed by atoms with Crippen LogP contribution in [0, 0.1) is 0 Å². The summed E-state index contributed by atoms with van der Waals surface area (Å²) in [5, 5.41) is 12.4. The number of carboxylic acids is 1. The van der Waals surface area contributed by atoms with Crippen LogP contribution in [0.3, 0.4) is 0 Å². The van der Waals surface area contributed by atoms with Gasteiger partial charge in [0.25, 0.3) is 0 Å². The molecule has 20 heavy (non-hydrogen) atoms. The zero-order valence-electron chi connectivity index (χ0n) is 11.7. The predicted octanol–water partition coefficient (Wildman–Crippen LogP) is 0.0132. The highest BCUT2D eigenvalue weighted by atomic mass is 32.2. The first-order valence-electron chi connectivity index (χ1n) is 6.00. The molecule has 0 aliphatic heterocycles. The molecule has 1 N–H and O–H groups in total. The third-order valence-corrected chi connectivity index (χ3v) is 4.79. The summed E-state index contributed by atoms with van der Waals surface area (Å²) in [5.74, 6) is -0.962. The first kappa shape index (κ1) is 16.6. The molecule has 114 valence electrons. The highest BCUT2D eigenvalue weighted by molar-refractivity contribution is 7.89. The van der Waals surface area contributed by atoms with Crippen molar-refractivity contribution in [3.8, 4) is 0 Å². The molecule has 0 bridgehead atoms. The molecule has 9 heteroatoms. The number of sulfonamides is 1. The number of aryl methyl sites for hydroxylation is 1. The number of hydrogen-bond acceptors (Lipinski definition) is 5. The lowest BCUT2D eigenvalue weighted by Gasteiger charge is -2.22. The van der Waals surface area contributed by atoms with Crippen molar-refractivity contribution in [2.24, 2.45) is 0 Å². The second-order valence-electron chi connectivity index (χ2n) is 4.41. The molecule has 0 saturated heterocycles. The molecule has 1 unspecified atom stereocenters. The molecule has 1 heterocycles. The average molecular weight is 305 g/mol. The lowest BCUT2D eigenvalue weighted by atomic mass is 10.4. The van der Waals surface area contributed by atoms with E-state index in [1.807, 2.05) is 0 Å². The summed E-state index contributed by atoms with van der Waals surface area (Å²) in [6, 6.07) is -0.313. The van der Waals surface area contributed by atoms with Gasteiger partial charge >= 0.3 is 5.97 Å². The van der Waals surface area contributed by atoms with Crippen molar-refractivity contribution in [3.63, 3.8) is 0 Å². The van der Waals surface area contributed by atoms with Crippen LogP contribution < -0.4 is 0 Å². The Labute approximate surface area is 118 Å². The predicted molar refractivity (Wildman–Crippen MR) is 70.8 cm³/mol. The van der Waals surface area contributed by atoms with Gasteiger partial charge in [0.05, 0.1) is 25.8 Å². The lowest BCUT2D eigenvalue weighted by molar-refractivity contribution is -0.137. The Hall–Kier alpha value is -1.45. The van der Waals surface area contributed by atoms with Crippen molar-refractivity contribution < 1.29 is 23.1 Å². The van der Waals surface area contributed by atoms with Gasteiger partial charge in [0, 0.05) is 26.4 Å². The van der Waals surface area contributed by atoms with Crippen LogP contribution in [-0.2, 0) is 26.1 Å². The summed E-state index contributed by atoms with van der Waals surface area (Å²) >= 11 is 0. The topological polar surface area (TPSA) is 102 Å². The largest absolute Gasteiger partial charge is 0.481 e. The molecule has 1 aromatic heterocycles. The summed E-state index contributed by atoms with van der Waals surface area (Å²) < 4.78 is 32.0. The van der Waals surface area contributed by atoms with Gasteiger partial charge in [0.1, 0.15) is 4.90 Å². The van der Waals surface area contributed by atoms with Crippen LogP contribution in [0.15, 0.2) is 17.3 Å². The fraction of sp³-hybridized carbons (Fsp3) is 0.636. The van der Waals surface area contributed by atoms with Crippen LogP contribution in [0.25, 0.3) is 0 Å². The van der Waals surface area contributed by atoms with E-state index < -0.39 is 16.0 Å². The number of hydrogen-bond donors (Lipinski definition) is 1. The Balaban J connectivity index is 2.85. The average Bonchev–Trinajstić information content (AvgIpc) is 2.85. The maximum atomic E-state index is 12.3. The van der Waals surface area contributed by atoms with E-state index in [0.29, 0.717) is 0 Å². The molecule has 0 amide bonds. The zero-order valence-corrected chi connectivity index (χ0v) is 12.5. The SMILES string of the molecule is COCC(C)N(C)S(=O)(=O)c1cnn(CCC(=O)O)c1. The highest BCUT2D eigenvalue weighted by Gasteiger charge is 2.26. The van der Waals surface area contributed by atoms with Gasteiger partial charge in [-0.15, -0.1) is 0 Å². The Morgan fingerprint density at radius 1 is 1.60 bits per heavy atom. The van der Waals surface area contributed by atoms with Crippen molar-refractivity contribution in [1.82, 2.24) is 14.1 Å². The summed E-state index contributed by atoms with van der Waals surface area (Å²) in [7, 11) is -0.689. The molecule has 0 saturated carbocycles. The van der Waals surface area contributed by atoms with Crippen LogP contribution in [0.5, 0.6) is 0 Å². The van der Waals surface area contributed by atoms with Crippen LogP contribution >= 0.6 is 0 Å². The number of methoxy groups -OCH3 is 1. The molecule has 1 aromatic rings. The van der Waals surface area contributed by atoms with E-state index >= 15 is 0 Å². The monoisotopic (exact) mass is 305 g/mol. The number of aliphatic carboxylic acids is 1. The van der Waals surface area contributed by atoms with Crippen LogP contribution in [0.2, 0.25) is 0 Å². The van der Waals surface area contributed by atoms with E-state index in [4.69, 9.17) is 9.84 Å². The zero-order chi connectivity index (χ0) is 15.3. The van der Waals surface area contributed by atoms with Crippen LogP contribution in [-0.4, -0.2) is 60.4 Å². The summed E-state index contributed by atoms with van der Waals surface area (Å²) in [5.41, 5.74) is 0. The molecular weight excluding hydrogens is 286 g/mol. The third kappa shape index (κ3) is 4.02. The lowest BCUT2D eigenvalue weighted by Crippen LogP contribution is -2.37. The van der Waals surface area contributed by atoms with Gasteiger partial charge in [0.2, 0.25) is 10.0 Å². The maximum absolute atomic E-state index is 12.3. The minimum Gasteiger partial charge on any atom is -0.481 e. The van der Waals surface area contributed by atoms with Gasteiger partial charge in [-0.3, -0.25) is 9.48 Å². The quantitative estimate of drug-likeness (QED) is 0.726. The van der Waals surface area contributed by atoms with Crippen molar-refractivity contribution >= 4 is 16.0 Å². The first-order valence-corrected chi connectivity index (χ1v) is 7.44. The van der Waals surface area contributed by atoms with E-state index in [2.05, 4.69) is 5.10 Å². The van der Waals surface area contributed by atoms with Crippen molar-refractivity contribution in [3.05, 3.63) is 12.4 Å². The van der Waals surface area contributed by atoms with E-state index in [9.17, 15) is 13.2 Å². The third-order valence-electron chi connectivity index (χ3n) is 2.87. The van der Waals surface area contributed by atoms with Crippen molar-refractivity contribution in [2.45, 2.75) is 30.8 Å². The number of likely N-dealkylation sites (N-methyl/N-ethyl adjacent to an activating group) is 1. The van der Waals surface area contributed by atoms with Crippen molar-refractivity contribution in [2.75, 3.05) is 20.8 Å². The number of nitrogens with zero attached hydrogens (tertiary/aromatic N) is 3. The summed E-state index contributed by atoms with van der Waals surface area (Å²) in [6.07, 6.45) is 2.43. The Morgan fingerprint density at radius 2 is 2.25 bits per heavy atom. The van der Waals surface area contributed by atoms with Crippen molar-refractivity contribution in [1.29, 1.82) is 0 Å². The molecule has 1 rings (SSSR count). The Morgan fingerprint density at radius 3 is 2.80 bits per heavy atom. The molecule has 0 aliphatic rings. The minimum atomic E-state index is -3.66. The standard InChI is InChI=1S/C11H19N3O5S/c1-9(8-19-3)13(2)20(17,18)10-6-12-14(7-10)5-4-11(15)16/h6-7,9H,4-5,8H2,1-3H3,(H,15,16). The molecule has 0 spiro atoms. The number of carbonyl (C=O) groups is 1. The molecule has 0 fully saturated rings. The number of rotatable bonds is 8.